The number of fused-ring (bicyclic) bond motifs is 2. The lowest BCUT2D eigenvalue weighted by molar-refractivity contribution is -0.145. The molecule has 2 fully saturated rings. The van der Waals surface area contributed by atoms with Crippen molar-refractivity contribution in [2.24, 2.45) is 5.92 Å². The summed E-state index contributed by atoms with van der Waals surface area (Å²) in [5.74, 6) is 1.59. The van der Waals surface area contributed by atoms with Gasteiger partial charge in [0.05, 0.1) is 18.8 Å². The number of rotatable bonds is 4. The zero-order valence-corrected chi connectivity index (χ0v) is 12.8. The van der Waals surface area contributed by atoms with Crippen LogP contribution in [0.15, 0.2) is 18.2 Å². The number of carbonyl (C=O) groups excluding carboxylic acids is 1. The fourth-order valence-electron chi connectivity index (χ4n) is 3.46. The number of hydrogen-bond acceptors (Lipinski definition) is 4. The number of likely N-dealkylation sites (tertiary alicyclic amines) is 2. The topological polar surface area (TPSA) is 45.7 Å². The molecule has 0 aliphatic carbocycles. The average molecular weight is 289 g/mol. The lowest BCUT2D eigenvalue weighted by Crippen LogP contribution is -2.58. The number of carbonyl (C=O) groups is 1. The van der Waals surface area contributed by atoms with Gasteiger partial charge in [-0.3, -0.25) is 9.69 Å². The highest BCUT2D eigenvalue weighted by molar-refractivity contribution is 5.83. The first-order valence-corrected chi connectivity index (χ1v) is 7.74. The van der Waals surface area contributed by atoms with Gasteiger partial charge in [-0.2, -0.15) is 0 Å². The molecule has 1 amide bonds. The Bertz CT molecular complexity index is 520. The zero-order valence-electron chi connectivity index (χ0n) is 12.8. The van der Waals surface area contributed by atoms with Crippen LogP contribution in [-0.4, -0.2) is 53.5 Å². The van der Waals surface area contributed by atoms with E-state index in [1.165, 1.54) is 6.42 Å². The number of piperidine rings is 2. The predicted molar refractivity (Wildman–Crippen MR) is 80.0 cm³/mol. The van der Waals surface area contributed by atoms with Crippen molar-refractivity contribution in [3.63, 3.8) is 0 Å². The minimum absolute atomic E-state index is 0.0328. The largest absolute Gasteiger partial charge is 0.481 e. The summed E-state index contributed by atoms with van der Waals surface area (Å²) in [5, 5.41) is 0. The normalized spacial score (nSPS) is 26.0. The van der Waals surface area contributed by atoms with Crippen molar-refractivity contribution in [1.29, 1.82) is 0 Å². The van der Waals surface area contributed by atoms with Gasteiger partial charge in [0.25, 0.3) is 0 Å². The molecule has 2 aliphatic rings. The maximum Gasteiger partial charge on any atom is 0.239 e. The molecule has 3 rings (SSSR count). The van der Waals surface area contributed by atoms with Crippen molar-refractivity contribution in [1.82, 2.24) is 14.8 Å². The summed E-state index contributed by atoms with van der Waals surface area (Å²) in [6, 6.07) is 5.83. The number of ether oxygens (including phenoxy) is 1. The first kappa shape index (κ1) is 14.3. The summed E-state index contributed by atoms with van der Waals surface area (Å²) in [6.07, 6.45) is 2.17. The summed E-state index contributed by atoms with van der Waals surface area (Å²) in [4.78, 5) is 21.3. The van der Waals surface area contributed by atoms with Crippen LogP contribution in [0.25, 0.3) is 0 Å². The molecule has 5 nitrogen and oxygen atoms in total. The molecule has 5 heteroatoms. The summed E-state index contributed by atoms with van der Waals surface area (Å²) in [6.45, 7) is 5.52. The lowest BCUT2D eigenvalue weighted by atomic mass is 9.86. The van der Waals surface area contributed by atoms with Crippen LogP contribution in [0.5, 0.6) is 5.88 Å². The zero-order chi connectivity index (χ0) is 14.8. The highest BCUT2D eigenvalue weighted by Gasteiger charge is 2.40. The third-order valence-electron chi connectivity index (χ3n) is 4.63. The van der Waals surface area contributed by atoms with Crippen LogP contribution in [0.2, 0.25) is 0 Å². The molecule has 114 valence electrons. The van der Waals surface area contributed by atoms with E-state index >= 15 is 0 Å². The number of aromatic nitrogens is 1. The van der Waals surface area contributed by atoms with Gasteiger partial charge >= 0.3 is 0 Å². The van der Waals surface area contributed by atoms with Crippen LogP contribution < -0.4 is 4.74 Å². The molecule has 0 N–H and O–H groups in total. The van der Waals surface area contributed by atoms with Crippen LogP contribution in [0.1, 0.15) is 25.5 Å². The molecule has 21 heavy (non-hydrogen) atoms. The van der Waals surface area contributed by atoms with E-state index in [1.807, 2.05) is 23.1 Å². The van der Waals surface area contributed by atoms with Gasteiger partial charge in [-0.15, -0.1) is 0 Å². The van der Waals surface area contributed by atoms with E-state index in [4.69, 9.17) is 4.74 Å². The fourth-order valence-corrected chi connectivity index (χ4v) is 3.46. The van der Waals surface area contributed by atoms with Crippen LogP contribution in [0, 0.1) is 5.92 Å². The number of likely N-dealkylation sites (N-methyl/N-ethyl adjacent to an activating group) is 1. The van der Waals surface area contributed by atoms with E-state index in [1.54, 1.807) is 7.11 Å². The highest BCUT2D eigenvalue weighted by Crippen LogP contribution is 2.30. The second-order valence-corrected chi connectivity index (χ2v) is 5.92. The Labute approximate surface area is 125 Å². The van der Waals surface area contributed by atoms with Crippen molar-refractivity contribution in [3.05, 3.63) is 23.9 Å². The molecule has 0 radical (unpaired) electrons. The molecule has 0 saturated carbocycles. The maximum absolute atomic E-state index is 12.5. The average Bonchev–Trinajstić information content (AvgIpc) is 2.53. The Hall–Kier alpha value is -1.62. The number of pyridine rings is 1. The molecule has 1 aromatic rings. The highest BCUT2D eigenvalue weighted by atomic mass is 16.5. The van der Waals surface area contributed by atoms with E-state index in [-0.39, 0.29) is 11.9 Å². The molecular weight excluding hydrogens is 266 g/mol. The van der Waals surface area contributed by atoms with Gasteiger partial charge in [-0.25, -0.2) is 4.98 Å². The first-order chi connectivity index (χ1) is 10.2. The number of amides is 1. The molecule has 2 saturated heterocycles. The minimum atomic E-state index is 0.0328. The van der Waals surface area contributed by atoms with Crippen molar-refractivity contribution >= 4 is 5.91 Å². The second kappa shape index (κ2) is 6.02. The Morgan fingerprint density at radius 3 is 3.05 bits per heavy atom. The van der Waals surface area contributed by atoms with Gasteiger partial charge in [0.2, 0.25) is 11.8 Å². The first-order valence-electron chi connectivity index (χ1n) is 7.74. The molecule has 0 aromatic carbocycles. The van der Waals surface area contributed by atoms with Gasteiger partial charge in [-0.1, -0.05) is 6.07 Å². The van der Waals surface area contributed by atoms with E-state index in [9.17, 15) is 4.79 Å². The second-order valence-electron chi connectivity index (χ2n) is 5.92. The fraction of sp³-hybridized carbons (Fsp3) is 0.625. The van der Waals surface area contributed by atoms with Gasteiger partial charge in [0.1, 0.15) is 0 Å². The molecule has 3 heterocycles. The van der Waals surface area contributed by atoms with Crippen molar-refractivity contribution in [2.75, 3.05) is 26.7 Å². The Morgan fingerprint density at radius 2 is 2.29 bits per heavy atom. The van der Waals surface area contributed by atoms with E-state index < -0.39 is 0 Å². The molecular formula is C16H23N3O2. The van der Waals surface area contributed by atoms with Crippen molar-refractivity contribution in [3.8, 4) is 5.88 Å². The third kappa shape index (κ3) is 2.88. The molecule has 0 spiro atoms. The van der Waals surface area contributed by atoms with E-state index in [0.717, 1.165) is 38.3 Å². The van der Waals surface area contributed by atoms with Gasteiger partial charge in [0, 0.05) is 25.7 Å². The van der Waals surface area contributed by atoms with Crippen LogP contribution >= 0.6 is 0 Å². The van der Waals surface area contributed by atoms with Crippen molar-refractivity contribution in [2.45, 2.75) is 32.4 Å². The molecule has 2 aliphatic heterocycles. The SMILES string of the molecule is CCN1C[C@H]2CCN(Cc3cccc(OC)n3)[C@H](C2)C1=O. The standard InChI is InChI=1S/C16H23N3O2/c1-3-18-10-12-7-8-19(14(9-12)16(18)20)11-13-5-4-6-15(17-13)21-2/h4-6,12,14H,3,7-11H2,1-2H3/t12-,14+/m0/s1. The Kier molecular flexibility index (Phi) is 4.10. The number of hydrogen-bond donors (Lipinski definition) is 0. The summed E-state index contributed by atoms with van der Waals surface area (Å²) in [5.41, 5.74) is 0.967. The minimum Gasteiger partial charge on any atom is -0.481 e. The Balaban J connectivity index is 1.74. The number of nitrogens with zero attached hydrogens (tertiary/aromatic N) is 3. The van der Waals surface area contributed by atoms with E-state index in [2.05, 4.69) is 16.8 Å². The summed E-state index contributed by atoms with van der Waals surface area (Å²) >= 11 is 0. The Morgan fingerprint density at radius 1 is 1.43 bits per heavy atom. The van der Waals surface area contributed by atoms with Gasteiger partial charge < -0.3 is 9.64 Å². The lowest BCUT2D eigenvalue weighted by Gasteiger charge is -2.46. The monoisotopic (exact) mass is 289 g/mol. The van der Waals surface area contributed by atoms with Crippen LogP contribution in [-0.2, 0) is 11.3 Å². The summed E-state index contributed by atoms with van der Waals surface area (Å²) < 4.78 is 5.18. The maximum atomic E-state index is 12.5. The summed E-state index contributed by atoms with van der Waals surface area (Å²) in [7, 11) is 1.63. The molecule has 1 aromatic heterocycles. The van der Waals surface area contributed by atoms with Crippen LogP contribution in [0.3, 0.4) is 0 Å². The molecule has 2 atom stereocenters. The van der Waals surface area contributed by atoms with Gasteiger partial charge in [0.15, 0.2) is 0 Å². The molecule has 0 unspecified atom stereocenters. The number of methoxy groups -OCH3 is 1. The third-order valence-corrected chi connectivity index (χ3v) is 4.63. The van der Waals surface area contributed by atoms with E-state index in [0.29, 0.717) is 11.8 Å². The molecule has 2 bridgehead atoms. The van der Waals surface area contributed by atoms with Crippen molar-refractivity contribution < 1.29 is 9.53 Å². The predicted octanol–water partition coefficient (Wildman–Crippen LogP) is 1.53. The van der Waals surface area contributed by atoms with Gasteiger partial charge in [-0.05, 0) is 38.3 Å². The smallest absolute Gasteiger partial charge is 0.239 e. The quantitative estimate of drug-likeness (QED) is 0.843. The van der Waals surface area contributed by atoms with Crippen LogP contribution in [0.4, 0.5) is 0 Å².